The lowest BCUT2D eigenvalue weighted by Gasteiger charge is -2.08. The molecule has 2 heterocycles. The van der Waals surface area contributed by atoms with Gasteiger partial charge in [-0.1, -0.05) is 66.8 Å². The van der Waals surface area contributed by atoms with Crippen LogP contribution in [0.4, 0.5) is 5.82 Å². The quantitative estimate of drug-likeness (QED) is 0.263. The fourth-order valence-corrected chi connectivity index (χ4v) is 3.90. The molecule has 0 atom stereocenters. The molecule has 9 heteroatoms. The summed E-state index contributed by atoms with van der Waals surface area (Å²) in [5, 5.41) is 8.36. The van der Waals surface area contributed by atoms with Crippen LogP contribution in [0.15, 0.2) is 65.2 Å². The van der Waals surface area contributed by atoms with Crippen molar-refractivity contribution >= 4 is 46.5 Å². The number of anilines is 1. The third-order valence-electron chi connectivity index (χ3n) is 5.11. The predicted octanol–water partition coefficient (Wildman–Crippen LogP) is 7.44. The fraction of sp³-hybridized carbons (Fsp3) is 0.200. The SMILES string of the molecule is CC(C)c1ccc(OCc2ccc(C(=O)Nc3nn(Cc4ccc(Cl)cc4Cl)cc3Cl)o2)cc1. The van der Waals surface area contributed by atoms with Crippen LogP contribution in [-0.4, -0.2) is 15.7 Å². The molecule has 0 fully saturated rings. The summed E-state index contributed by atoms with van der Waals surface area (Å²) in [7, 11) is 0. The number of furan rings is 1. The van der Waals surface area contributed by atoms with Gasteiger partial charge in [0.05, 0.1) is 6.54 Å². The summed E-state index contributed by atoms with van der Waals surface area (Å²) in [6.45, 7) is 4.84. The number of hydrogen-bond donors (Lipinski definition) is 1. The molecule has 6 nitrogen and oxygen atoms in total. The van der Waals surface area contributed by atoms with Gasteiger partial charge in [-0.25, -0.2) is 0 Å². The van der Waals surface area contributed by atoms with Gasteiger partial charge >= 0.3 is 0 Å². The van der Waals surface area contributed by atoms with Gasteiger partial charge in [0.15, 0.2) is 11.6 Å². The molecule has 4 aromatic rings. The molecule has 0 saturated heterocycles. The van der Waals surface area contributed by atoms with Crippen LogP contribution >= 0.6 is 34.8 Å². The molecule has 0 saturated carbocycles. The van der Waals surface area contributed by atoms with E-state index in [0.29, 0.717) is 33.3 Å². The largest absolute Gasteiger partial charge is 0.486 e. The molecule has 2 aromatic carbocycles. The van der Waals surface area contributed by atoms with E-state index in [0.717, 1.165) is 11.3 Å². The predicted molar refractivity (Wildman–Crippen MR) is 134 cm³/mol. The van der Waals surface area contributed by atoms with Gasteiger partial charge in [-0.15, -0.1) is 0 Å². The zero-order chi connectivity index (χ0) is 24.2. The van der Waals surface area contributed by atoms with Crippen molar-refractivity contribution < 1.29 is 13.9 Å². The molecule has 0 bridgehead atoms. The Morgan fingerprint density at radius 3 is 2.53 bits per heavy atom. The number of carbonyl (C=O) groups is 1. The summed E-state index contributed by atoms with van der Waals surface area (Å²) in [4.78, 5) is 12.6. The van der Waals surface area contributed by atoms with Gasteiger partial charge in [0.25, 0.3) is 5.91 Å². The Kier molecular flexibility index (Phi) is 7.51. The number of aromatic nitrogens is 2. The normalized spacial score (nSPS) is 11.1. The fourth-order valence-electron chi connectivity index (χ4n) is 3.24. The Labute approximate surface area is 212 Å². The maximum absolute atomic E-state index is 12.6. The molecule has 0 aliphatic heterocycles. The lowest BCUT2D eigenvalue weighted by molar-refractivity contribution is 0.0992. The Balaban J connectivity index is 1.36. The first-order chi connectivity index (χ1) is 16.3. The summed E-state index contributed by atoms with van der Waals surface area (Å²) >= 11 is 18.4. The molecule has 34 heavy (non-hydrogen) atoms. The molecule has 176 valence electrons. The summed E-state index contributed by atoms with van der Waals surface area (Å²) in [6, 6.07) is 16.4. The maximum Gasteiger partial charge on any atom is 0.292 e. The monoisotopic (exact) mass is 517 g/mol. The second-order valence-electron chi connectivity index (χ2n) is 7.99. The molecule has 0 unspecified atom stereocenters. The summed E-state index contributed by atoms with van der Waals surface area (Å²) in [6.07, 6.45) is 1.61. The number of ether oxygens (including phenoxy) is 1. The second-order valence-corrected chi connectivity index (χ2v) is 9.24. The van der Waals surface area contributed by atoms with Crippen molar-refractivity contribution in [3.8, 4) is 5.75 Å². The van der Waals surface area contributed by atoms with Crippen LogP contribution in [0.3, 0.4) is 0 Å². The molecule has 0 aliphatic carbocycles. The van der Waals surface area contributed by atoms with Crippen LogP contribution < -0.4 is 10.1 Å². The number of rotatable bonds is 8. The van der Waals surface area contributed by atoms with Crippen LogP contribution in [0.25, 0.3) is 0 Å². The van der Waals surface area contributed by atoms with Gasteiger partial charge in [0.1, 0.15) is 23.1 Å². The van der Waals surface area contributed by atoms with Crippen LogP contribution in [0, 0.1) is 0 Å². The number of hydrogen-bond acceptors (Lipinski definition) is 4. The molecule has 1 amide bonds. The average Bonchev–Trinajstić information content (AvgIpc) is 3.41. The first-order valence-corrected chi connectivity index (χ1v) is 11.7. The number of carbonyl (C=O) groups excluding carboxylic acids is 1. The molecule has 4 rings (SSSR count). The van der Waals surface area contributed by atoms with E-state index in [9.17, 15) is 4.79 Å². The third kappa shape index (κ3) is 5.95. The minimum absolute atomic E-state index is 0.125. The van der Waals surface area contributed by atoms with E-state index in [1.165, 1.54) is 5.56 Å². The topological polar surface area (TPSA) is 69.3 Å². The Morgan fingerprint density at radius 2 is 1.82 bits per heavy atom. The lowest BCUT2D eigenvalue weighted by Crippen LogP contribution is -2.12. The number of amides is 1. The van der Waals surface area contributed by atoms with Crippen molar-refractivity contribution in [3.63, 3.8) is 0 Å². The van der Waals surface area contributed by atoms with E-state index in [-0.39, 0.29) is 18.2 Å². The standard InChI is InChI=1S/C25H22Cl3N3O3/c1-15(2)16-4-7-19(8-5-16)33-14-20-9-10-23(34-20)25(32)29-24-22(28)13-31(30-24)12-17-3-6-18(26)11-21(17)27/h3-11,13,15H,12,14H2,1-2H3,(H,29,30,32). The highest BCUT2D eigenvalue weighted by molar-refractivity contribution is 6.35. The van der Waals surface area contributed by atoms with Crippen LogP contribution in [-0.2, 0) is 13.2 Å². The van der Waals surface area contributed by atoms with Gasteiger partial charge in [-0.05, 0) is 53.4 Å². The van der Waals surface area contributed by atoms with E-state index in [4.69, 9.17) is 44.0 Å². The number of halogens is 3. The van der Waals surface area contributed by atoms with Crippen LogP contribution in [0.1, 0.15) is 47.2 Å². The molecule has 1 N–H and O–H groups in total. The highest BCUT2D eigenvalue weighted by Crippen LogP contribution is 2.25. The smallest absolute Gasteiger partial charge is 0.292 e. The summed E-state index contributed by atoms with van der Waals surface area (Å²) in [5.74, 6) is 1.58. The maximum atomic E-state index is 12.6. The van der Waals surface area contributed by atoms with Crippen LogP contribution in [0.2, 0.25) is 15.1 Å². The van der Waals surface area contributed by atoms with Crippen molar-refractivity contribution in [2.45, 2.75) is 32.9 Å². The van der Waals surface area contributed by atoms with Crippen molar-refractivity contribution in [3.05, 3.63) is 98.5 Å². The summed E-state index contributed by atoms with van der Waals surface area (Å²) in [5.41, 5.74) is 2.05. The third-order valence-corrected chi connectivity index (χ3v) is 5.97. The van der Waals surface area contributed by atoms with E-state index < -0.39 is 5.91 Å². The summed E-state index contributed by atoms with van der Waals surface area (Å²) < 4.78 is 13.0. The van der Waals surface area contributed by atoms with Crippen molar-refractivity contribution in [2.75, 3.05) is 5.32 Å². The van der Waals surface area contributed by atoms with Crippen LogP contribution in [0.5, 0.6) is 5.75 Å². The highest BCUT2D eigenvalue weighted by atomic mass is 35.5. The first-order valence-electron chi connectivity index (χ1n) is 10.6. The Hall–Kier alpha value is -2.93. The van der Waals surface area contributed by atoms with Gasteiger partial charge in [-0.3, -0.25) is 9.48 Å². The van der Waals surface area contributed by atoms with E-state index in [2.05, 4.69) is 24.3 Å². The number of nitrogens with one attached hydrogen (secondary N) is 1. The molecule has 0 radical (unpaired) electrons. The average molecular weight is 519 g/mol. The molecular formula is C25H22Cl3N3O3. The Morgan fingerprint density at radius 1 is 1.06 bits per heavy atom. The van der Waals surface area contributed by atoms with Crippen molar-refractivity contribution in [1.82, 2.24) is 9.78 Å². The minimum Gasteiger partial charge on any atom is -0.486 e. The van der Waals surface area contributed by atoms with Gasteiger partial charge in [0.2, 0.25) is 0 Å². The van der Waals surface area contributed by atoms with Crippen molar-refractivity contribution in [1.29, 1.82) is 0 Å². The minimum atomic E-state index is -0.468. The lowest BCUT2D eigenvalue weighted by atomic mass is 10.0. The zero-order valence-electron chi connectivity index (χ0n) is 18.5. The van der Waals surface area contributed by atoms with E-state index in [1.54, 1.807) is 35.1 Å². The van der Waals surface area contributed by atoms with Crippen molar-refractivity contribution in [2.24, 2.45) is 0 Å². The Bertz CT molecular complexity index is 1300. The van der Waals surface area contributed by atoms with E-state index in [1.807, 2.05) is 30.3 Å². The second kappa shape index (κ2) is 10.6. The van der Waals surface area contributed by atoms with E-state index >= 15 is 0 Å². The molecule has 0 aliphatic rings. The first kappa shape index (κ1) is 24.2. The zero-order valence-corrected chi connectivity index (χ0v) is 20.8. The van der Waals surface area contributed by atoms with Gasteiger partial charge in [0, 0.05) is 16.2 Å². The number of benzene rings is 2. The van der Waals surface area contributed by atoms with Gasteiger partial charge in [-0.2, -0.15) is 5.10 Å². The highest BCUT2D eigenvalue weighted by Gasteiger charge is 2.16. The van der Waals surface area contributed by atoms with Gasteiger partial charge < -0.3 is 14.5 Å². The molecule has 2 aromatic heterocycles. The number of nitrogens with zero attached hydrogens (tertiary/aromatic N) is 2. The molecular weight excluding hydrogens is 497 g/mol. The molecule has 0 spiro atoms.